The van der Waals surface area contributed by atoms with Crippen LogP contribution in [0.2, 0.25) is 0 Å². The van der Waals surface area contributed by atoms with Gasteiger partial charge >= 0.3 is 0 Å². The van der Waals surface area contributed by atoms with Crippen LogP contribution in [-0.2, 0) is 10.0 Å². The fourth-order valence-electron chi connectivity index (χ4n) is 2.30. The summed E-state index contributed by atoms with van der Waals surface area (Å²) in [6.45, 7) is 1.93. The van der Waals surface area contributed by atoms with Crippen LogP contribution < -0.4 is 10.5 Å². The minimum absolute atomic E-state index is 0.148. The number of nitrogens with one attached hydrogen (secondary N) is 1. The molecule has 0 saturated heterocycles. The van der Waals surface area contributed by atoms with E-state index in [1.54, 1.807) is 0 Å². The summed E-state index contributed by atoms with van der Waals surface area (Å²) < 4.78 is 41.4. The van der Waals surface area contributed by atoms with E-state index in [0.717, 1.165) is 25.3 Å². The van der Waals surface area contributed by atoms with E-state index >= 15 is 0 Å². The van der Waals surface area contributed by atoms with Crippen LogP contribution in [0.4, 0.5) is 4.39 Å². The van der Waals surface area contributed by atoms with E-state index in [9.17, 15) is 12.8 Å². The number of benzene rings is 1. The zero-order chi connectivity index (χ0) is 15.6. The van der Waals surface area contributed by atoms with Crippen LogP contribution in [0.5, 0.6) is 0 Å². The predicted molar refractivity (Wildman–Crippen MR) is 84.0 cm³/mol. The third-order valence-corrected chi connectivity index (χ3v) is 5.41. The van der Waals surface area contributed by atoms with Gasteiger partial charge in [-0.25, -0.2) is 17.5 Å². The number of sulfonamides is 1. The standard InChI is InChI=1S/C14H19FN2O2S2/c1-2-10(8-9-6-7-9)17-21(18,19)12-5-3-4-11(15)13(12)14(16)20/h3-5,9-10,17H,2,6-8H2,1H3,(H2,16,20). The summed E-state index contributed by atoms with van der Waals surface area (Å²) in [5.41, 5.74) is 5.24. The Kier molecular flexibility index (Phi) is 4.95. The largest absolute Gasteiger partial charge is 0.389 e. The molecule has 1 aliphatic carbocycles. The van der Waals surface area contributed by atoms with Gasteiger partial charge < -0.3 is 5.73 Å². The minimum Gasteiger partial charge on any atom is -0.389 e. The average molecular weight is 330 g/mol. The molecule has 0 amide bonds. The SMILES string of the molecule is CCC(CC1CC1)NS(=O)(=O)c1cccc(F)c1C(N)=S. The second-order valence-electron chi connectivity index (χ2n) is 5.38. The first-order valence-electron chi connectivity index (χ1n) is 6.95. The smallest absolute Gasteiger partial charge is 0.241 e. The topological polar surface area (TPSA) is 72.2 Å². The molecule has 1 aromatic carbocycles. The summed E-state index contributed by atoms with van der Waals surface area (Å²) in [5.74, 6) is -0.124. The highest BCUT2D eigenvalue weighted by atomic mass is 32.2. The van der Waals surface area contributed by atoms with Crippen LogP contribution in [0.1, 0.15) is 38.2 Å². The van der Waals surface area contributed by atoms with Crippen LogP contribution in [0, 0.1) is 11.7 Å². The zero-order valence-electron chi connectivity index (χ0n) is 11.8. The van der Waals surface area contributed by atoms with Crippen molar-refractivity contribution in [3.05, 3.63) is 29.6 Å². The lowest BCUT2D eigenvalue weighted by Gasteiger charge is -2.18. The van der Waals surface area contributed by atoms with E-state index < -0.39 is 15.8 Å². The number of nitrogens with two attached hydrogens (primary N) is 1. The van der Waals surface area contributed by atoms with Crippen LogP contribution in [0.3, 0.4) is 0 Å². The van der Waals surface area contributed by atoms with Gasteiger partial charge in [-0.05, 0) is 30.9 Å². The second kappa shape index (κ2) is 6.37. The van der Waals surface area contributed by atoms with Gasteiger partial charge in [0.2, 0.25) is 10.0 Å². The van der Waals surface area contributed by atoms with E-state index in [-0.39, 0.29) is 21.5 Å². The van der Waals surface area contributed by atoms with Gasteiger partial charge in [0.15, 0.2) is 0 Å². The molecule has 0 aromatic heterocycles. The first kappa shape index (κ1) is 16.3. The van der Waals surface area contributed by atoms with Gasteiger partial charge in [0, 0.05) is 6.04 Å². The van der Waals surface area contributed by atoms with Gasteiger partial charge in [0.1, 0.15) is 10.8 Å². The lowest BCUT2D eigenvalue weighted by atomic mass is 10.1. The summed E-state index contributed by atoms with van der Waals surface area (Å²) in [6, 6.07) is 3.66. The quantitative estimate of drug-likeness (QED) is 0.753. The molecule has 0 bridgehead atoms. The molecule has 0 heterocycles. The molecular weight excluding hydrogens is 311 g/mol. The normalized spacial score (nSPS) is 16.7. The molecule has 21 heavy (non-hydrogen) atoms. The van der Waals surface area contributed by atoms with Crippen molar-refractivity contribution in [2.45, 2.75) is 43.5 Å². The average Bonchev–Trinajstić information content (AvgIpc) is 3.20. The molecule has 1 unspecified atom stereocenters. The summed E-state index contributed by atoms with van der Waals surface area (Å²) in [5, 5.41) is 0. The molecule has 0 aliphatic heterocycles. The number of halogens is 1. The molecule has 3 N–H and O–H groups in total. The Bertz CT molecular complexity index is 642. The van der Waals surface area contributed by atoms with Crippen LogP contribution in [0.25, 0.3) is 0 Å². The van der Waals surface area contributed by atoms with Gasteiger partial charge in [-0.3, -0.25) is 0 Å². The summed E-state index contributed by atoms with van der Waals surface area (Å²) in [6.07, 6.45) is 3.80. The molecule has 1 saturated carbocycles. The second-order valence-corrected chi connectivity index (χ2v) is 7.50. The lowest BCUT2D eigenvalue weighted by Crippen LogP contribution is -2.36. The summed E-state index contributed by atoms with van der Waals surface area (Å²) >= 11 is 4.77. The number of hydrogen-bond donors (Lipinski definition) is 2. The molecule has 1 fully saturated rings. The number of rotatable bonds is 7. The van der Waals surface area contributed by atoms with Crippen molar-refractivity contribution in [3.8, 4) is 0 Å². The highest BCUT2D eigenvalue weighted by Gasteiger charge is 2.29. The molecule has 1 atom stereocenters. The summed E-state index contributed by atoms with van der Waals surface area (Å²) in [4.78, 5) is -0.451. The maximum absolute atomic E-state index is 13.8. The van der Waals surface area contributed by atoms with Crippen molar-refractivity contribution in [1.29, 1.82) is 0 Å². The van der Waals surface area contributed by atoms with Gasteiger partial charge in [0.25, 0.3) is 0 Å². The number of thiocarbonyl (C=S) groups is 1. The van der Waals surface area contributed by atoms with Crippen molar-refractivity contribution < 1.29 is 12.8 Å². The van der Waals surface area contributed by atoms with E-state index in [1.165, 1.54) is 12.1 Å². The first-order chi connectivity index (χ1) is 9.85. The molecular formula is C14H19FN2O2S2. The predicted octanol–water partition coefficient (Wildman–Crippen LogP) is 2.32. The Morgan fingerprint density at radius 3 is 2.71 bits per heavy atom. The fraction of sp³-hybridized carbons (Fsp3) is 0.500. The molecule has 7 heteroatoms. The van der Waals surface area contributed by atoms with Crippen molar-refractivity contribution in [1.82, 2.24) is 4.72 Å². The Labute approximate surface area is 130 Å². The van der Waals surface area contributed by atoms with Crippen LogP contribution in [0.15, 0.2) is 23.1 Å². The lowest BCUT2D eigenvalue weighted by molar-refractivity contribution is 0.494. The van der Waals surface area contributed by atoms with Gasteiger partial charge in [-0.2, -0.15) is 0 Å². The first-order valence-corrected chi connectivity index (χ1v) is 8.85. The highest BCUT2D eigenvalue weighted by molar-refractivity contribution is 7.89. The minimum atomic E-state index is -3.85. The highest BCUT2D eigenvalue weighted by Crippen LogP contribution is 2.34. The Morgan fingerprint density at radius 1 is 1.52 bits per heavy atom. The fourth-order valence-corrected chi connectivity index (χ4v) is 4.14. The third-order valence-electron chi connectivity index (χ3n) is 3.64. The van der Waals surface area contributed by atoms with E-state index in [1.807, 2.05) is 6.92 Å². The Balaban J connectivity index is 2.30. The zero-order valence-corrected chi connectivity index (χ0v) is 13.4. The van der Waals surface area contributed by atoms with Crippen LogP contribution >= 0.6 is 12.2 Å². The van der Waals surface area contributed by atoms with Gasteiger partial charge in [0.05, 0.1) is 10.5 Å². The van der Waals surface area contributed by atoms with E-state index in [0.29, 0.717) is 12.3 Å². The summed E-state index contributed by atoms with van der Waals surface area (Å²) in [7, 11) is -3.85. The Morgan fingerprint density at radius 2 is 2.19 bits per heavy atom. The van der Waals surface area contributed by atoms with Gasteiger partial charge in [-0.15, -0.1) is 0 Å². The van der Waals surface area contributed by atoms with E-state index in [2.05, 4.69) is 4.72 Å². The van der Waals surface area contributed by atoms with Crippen LogP contribution in [-0.4, -0.2) is 19.4 Å². The molecule has 1 aliphatic rings. The van der Waals surface area contributed by atoms with Crippen molar-refractivity contribution in [3.63, 3.8) is 0 Å². The number of hydrogen-bond acceptors (Lipinski definition) is 3. The van der Waals surface area contributed by atoms with Crippen molar-refractivity contribution in [2.24, 2.45) is 11.7 Å². The molecule has 116 valence electrons. The molecule has 0 spiro atoms. The van der Waals surface area contributed by atoms with Gasteiger partial charge in [-0.1, -0.05) is 38.0 Å². The Hall–Kier alpha value is -1.05. The van der Waals surface area contributed by atoms with E-state index in [4.69, 9.17) is 18.0 Å². The van der Waals surface area contributed by atoms with Crippen molar-refractivity contribution in [2.75, 3.05) is 0 Å². The maximum Gasteiger partial charge on any atom is 0.241 e. The molecule has 2 rings (SSSR count). The van der Waals surface area contributed by atoms with Crippen molar-refractivity contribution >= 4 is 27.2 Å². The molecule has 0 radical (unpaired) electrons. The third kappa shape index (κ3) is 3.99. The maximum atomic E-state index is 13.8. The molecule has 1 aromatic rings. The monoisotopic (exact) mass is 330 g/mol. The molecule has 4 nitrogen and oxygen atoms in total.